The van der Waals surface area contributed by atoms with Gasteiger partial charge in [-0.3, -0.25) is 0 Å². The van der Waals surface area contributed by atoms with Crippen LogP contribution < -0.4 is 11.1 Å². The largest absolute Gasteiger partial charge is 0.397 e. The van der Waals surface area contributed by atoms with Crippen LogP contribution in [-0.2, 0) is 12.8 Å². The Bertz CT molecular complexity index is 670. The topological polar surface area (TPSA) is 61.8 Å². The Morgan fingerprint density at radius 2 is 1.95 bits per heavy atom. The van der Waals surface area contributed by atoms with Crippen LogP contribution in [0, 0.1) is 11.3 Å². The summed E-state index contributed by atoms with van der Waals surface area (Å²) in [6, 6.07) is 16.5. The smallest absolute Gasteiger partial charge is 0.0992 e. The molecule has 3 N–H and O–H groups in total. The van der Waals surface area contributed by atoms with Crippen LogP contribution in [0.1, 0.15) is 23.1 Å². The summed E-state index contributed by atoms with van der Waals surface area (Å²) in [5, 5.41) is 12.4. The highest BCUT2D eigenvalue weighted by Gasteiger charge is 2.18. The average molecular weight is 263 g/mol. The number of nitrogens with zero attached hydrogens (tertiary/aromatic N) is 1. The van der Waals surface area contributed by atoms with Crippen LogP contribution in [0.3, 0.4) is 0 Å². The zero-order chi connectivity index (χ0) is 13.9. The quantitative estimate of drug-likeness (QED) is 0.818. The van der Waals surface area contributed by atoms with Gasteiger partial charge in [0.25, 0.3) is 0 Å². The third-order valence-electron chi connectivity index (χ3n) is 3.89. The number of nitrogens with one attached hydrogen (secondary N) is 1. The monoisotopic (exact) mass is 263 g/mol. The molecule has 100 valence electrons. The Labute approximate surface area is 119 Å². The molecule has 0 aromatic heterocycles. The molecule has 1 aliphatic carbocycles. The Hall–Kier alpha value is -2.47. The van der Waals surface area contributed by atoms with Crippen molar-refractivity contribution in [2.75, 3.05) is 11.1 Å². The predicted octanol–water partition coefficient (Wildman–Crippen LogP) is 3.11. The first-order valence-electron chi connectivity index (χ1n) is 6.89. The van der Waals surface area contributed by atoms with Crippen molar-refractivity contribution >= 4 is 11.4 Å². The zero-order valence-corrected chi connectivity index (χ0v) is 11.3. The van der Waals surface area contributed by atoms with E-state index in [1.807, 2.05) is 6.07 Å². The molecule has 2 aromatic carbocycles. The van der Waals surface area contributed by atoms with Gasteiger partial charge in [0.05, 0.1) is 23.0 Å². The Morgan fingerprint density at radius 3 is 2.70 bits per heavy atom. The zero-order valence-electron chi connectivity index (χ0n) is 11.3. The van der Waals surface area contributed by atoms with Crippen molar-refractivity contribution in [3.05, 3.63) is 59.2 Å². The van der Waals surface area contributed by atoms with Crippen molar-refractivity contribution in [3.8, 4) is 6.07 Å². The van der Waals surface area contributed by atoms with E-state index in [9.17, 15) is 0 Å². The number of rotatable bonds is 2. The summed E-state index contributed by atoms with van der Waals surface area (Å²) in [5.74, 6) is 0. The molecule has 0 saturated heterocycles. The molecule has 0 fully saturated rings. The number of aryl methyl sites for hydroxylation is 1. The van der Waals surface area contributed by atoms with Gasteiger partial charge in [-0.25, -0.2) is 0 Å². The maximum Gasteiger partial charge on any atom is 0.0992 e. The van der Waals surface area contributed by atoms with Crippen molar-refractivity contribution in [1.29, 1.82) is 5.26 Å². The number of nitrogen functional groups attached to an aromatic ring is 1. The van der Waals surface area contributed by atoms with Gasteiger partial charge < -0.3 is 11.1 Å². The molecule has 0 bridgehead atoms. The van der Waals surface area contributed by atoms with E-state index in [-0.39, 0.29) is 0 Å². The van der Waals surface area contributed by atoms with Crippen LogP contribution in [0.2, 0.25) is 0 Å². The molecule has 3 nitrogen and oxygen atoms in total. The summed E-state index contributed by atoms with van der Waals surface area (Å²) in [7, 11) is 0. The summed E-state index contributed by atoms with van der Waals surface area (Å²) >= 11 is 0. The number of hydrogen-bond acceptors (Lipinski definition) is 3. The standard InChI is InChI=1S/C17H17N3/c18-11-12-5-8-17(16(19)9-12)20-15-7-6-13-3-1-2-4-14(13)10-15/h1-5,8-9,15,20H,6-7,10,19H2. The highest BCUT2D eigenvalue weighted by molar-refractivity contribution is 5.68. The molecule has 2 aromatic rings. The molecule has 0 heterocycles. The minimum absolute atomic E-state index is 0.403. The lowest BCUT2D eigenvalue weighted by Crippen LogP contribution is -2.27. The molecular formula is C17H17N3. The second-order valence-corrected chi connectivity index (χ2v) is 5.27. The first-order valence-corrected chi connectivity index (χ1v) is 6.89. The summed E-state index contributed by atoms with van der Waals surface area (Å²) in [4.78, 5) is 0. The van der Waals surface area contributed by atoms with Gasteiger partial charge in [-0.15, -0.1) is 0 Å². The Morgan fingerprint density at radius 1 is 1.15 bits per heavy atom. The minimum atomic E-state index is 0.403. The van der Waals surface area contributed by atoms with Crippen LogP contribution in [0.25, 0.3) is 0 Å². The Balaban J connectivity index is 1.75. The molecule has 20 heavy (non-hydrogen) atoms. The maximum absolute atomic E-state index is 8.86. The van der Waals surface area contributed by atoms with E-state index >= 15 is 0 Å². The number of nitriles is 1. The number of benzene rings is 2. The van der Waals surface area contributed by atoms with E-state index in [2.05, 4.69) is 35.7 Å². The lowest BCUT2D eigenvalue weighted by Gasteiger charge is -2.26. The highest BCUT2D eigenvalue weighted by atomic mass is 14.9. The maximum atomic E-state index is 8.86. The third kappa shape index (κ3) is 2.46. The minimum Gasteiger partial charge on any atom is -0.397 e. The van der Waals surface area contributed by atoms with Crippen LogP contribution in [0.5, 0.6) is 0 Å². The lowest BCUT2D eigenvalue weighted by molar-refractivity contribution is 0.611. The van der Waals surface area contributed by atoms with Crippen LogP contribution in [-0.4, -0.2) is 6.04 Å². The van der Waals surface area contributed by atoms with E-state index in [4.69, 9.17) is 11.0 Å². The lowest BCUT2D eigenvalue weighted by atomic mass is 9.88. The second kappa shape index (κ2) is 5.26. The van der Waals surface area contributed by atoms with Crippen LogP contribution in [0.4, 0.5) is 11.4 Å². The third-order valence-corrected chi connectivity index (χ3v) is 3.89. The van der Waals surface area contributed by atoms with Crippen LogP contribution in [0.15, 0.2) is 42.5 Å². The van der Waals surface area contributed by atoms with Crippen molar-refractivity contribution in [2.24, 2.45) is 0 Å². The fourth-order valence-electron chi connectivity index (χ4n) is 2.80. The summed E-state index contributed by atoms with van der Waals surface area (Å²) in [5.41, 5.74) is 11.0. The van der Waals surface area contributed by atoms with Crippen molar-refractivity contribution < 1.29 is 0 Å². The number of nitrogens with two attached hydrogens (primary N) is 1. The van der Waals surface area contributed by atoms with E-state index in [1.165, 1.54) is 11.1 Å². The van der Waals surface area contributed by atoms with Gasteiger partial charge in [0, 0.05) is 6.04 Å². The van der Waals surface area contributed by atoms with Gasteiger partial charge >= 0.3 is 0 Å². The molecular weight excluding hydrogens is 246 g/mol. The van der Waals surface area contributed by atoms with E-state index in [0.29, 0.717) is 17.3 Å². The average Bonchev–Trinajstić information content (AvgIpc) is 2.49. The van der Waals surface area contributed by atoms with Crippen LogP contribution >= 0.6 is 0 Å². The second-order valence-electron chi connectivity index (χ2n) is 5.27. The first kappa shape index (κ1) is 12.6. The summed E-state index contributed by atoms with van der Waals surface area (Å²) in [6.07, 6.45) is 3.23. The molecule has 1 unspecified atom stereocenters. The number of fused-ring (bicyclic) bond motifs is 1. The van der Waals surface area contributed by atoms with Crippen molar-refractivity contribution in [3.63, 3.8) is 0 Å². The van der Waals surface area contributed by atoms with E-state index < -0.39 is 0 Å². The Kier molecular flexibility index (Phi) is 3.30. The molecule has 0 amide bonds. The van der Waals surface area contributed by atoms with E-state index in [0.717, 1.165) is 24.9 Å². The van der Waals surface area contributed by atoms with Crippen molar-refractivity contribution in [2.45, 2.75) is 25.3 Å². The van der Waals surface area contributed by atoms with Gasteiger partial charge in [0.15, 0.2) is 0 Å². The molecule has 0 aliphatic heterocycles. The van der Waals surface area contributed by atoms with Gasteiger partial charge in [-0.1, -0.05) is 24.3 Å². The fourth-order valence-corrected chi connectivity index (χ4v) is 2.80. The predicted molar refractivity (Wildman–Crippen MR) is 81.4 cm³/mol. The normalized spacial score (nSPS) is 17.1. The molecule has 1 aliphatic rings. The van der Waals surface area contributed by atoms with Gasteiger partial charge in [-0.05, 0) is 48.6 Å². The fraction of sp³-hybridized carbons (Fsp3) is 0.235. The van der Waals surface area contributed by atoms with E-state index in [1.54, 1.807) is 12.1 Å². The molecule has 1 atom stereocenters. The molecule has 0 spiro atoms. The molecule has 0 radical (unpaired) electrons. The van der Waals surface area contributed by atoms with Gasteiger partial charge in [0.1, 0.15) is 0 Å². The SMILES string of the molecule is N#Cc1ccc(NC2CCc3ccccc3C2)c(N)c1. The highest BCUT2D eigenvalue weighted by Crippen LogP contribution is 2.26. The number of hydrogen-bond donors (Lipinski definition) is 2. The van der Waals surface area contributed by atoms with Gasteiger partial charge in [-0.2, -0.15) is 5.26 Å². The summed E-state index contributed by atoms with van der Waals surface area (Å²) < 4.78 is 0. The summed E-state index contributed by atoms with van der Waals surface area (Å²) in [6.45, 7) is 0. The first-order chi connectivity index (χ1) is 9.76. The molecule has 3 heteroatoms. The molecule has 3 rings (SSSR count). The molecule has 0 saturated carbocycles. The van der Waals surface area contributed by atoms with Crippen molar-refractivity contribution in [1.82, 2.24) is 0 Å². The number of anilines is 2. The van der Waals surface area contributed by atoms with Gasteiger partial charge in [0.2, 0.25) is 0 Å².